The molecule has 1 spiro atoms. The normalized spacial score (nSPS) is 44.9. The van der Waals surface area contributed by atoms with Gasteiger partial charge in [-0.25, -0.2) is 0 Å². The Hall–Kier alpha value is -1.01. The molecule has 38 heavy (non-hydrogen) atoms. The Morgan fingerprint density at radius 1 is 1.13 bits per heavy atom. The Balaban J connectivity index is 1.21. The van der Waals surface area contributed by atoms with E-state index in [1.165, 1.54) is 37.7 Å². The van der Waals surface area contributed by atoms with E-state index in [1.54, 1.807) is 18.3 Å². The summed E-state index contributed by atoms with van der Waals surface area (Å²) >= 11 is 0. The molecule has 0 amide bonds. The number of ketones is 1. The lowest BCUT2D eigenvalue weighted by molar-refractivity contribution is -0.116. The van der Waals surface area contributed by atoms with Crippen molar-refractivity contribution in [3.8, 4) is 0 Å². The summed E-state index contributed by atoms with van der Waals surface area (Å²) in [5.41, 5.74) is 5.10. The van der Waals surface area contributed by atoms with Crippen molar-refractivity contribution >= 4 is 5.78 Å². The predicted molar refractivity (Wildman–Crippen MR) is 150 cm³/mol. The van der Waals surface area contributed by atoms with Gasteiger partial charge in [0.1, 0.15) is 0 Å². The second-order valence-electron chi connectivity index (χ2n) is 14.1. The summed E-state index contributed by atoms with van der Waals surface area (Å²) in [5, 5.41) is 0. The van der Waals surface area contributed by atoms with Crippen LogP contribution in [0.15, 0.2) is 22.8 Å². The molecular weight excluding hydrogens is 474 g/mol. The Labute approximate surface area is 230 Å². The number of ether oxygens (including phenoxy) is 3. The van der Waals surface area contributed by atoms with E-state index in [4.69, 9.17) is 14.2 Å². The zero-order valence-corrected chi connectivity index (χ0v) is 24.6. The molecule has 0 aromatic heterocycles. The molecule has 0 N–H and O–H groups in total. The van der Waals surface area contributed by atoms with Gasteiger partial charge in [0, 0.05) is 38.6 Å². The molecule has 6 rings (SSSR count). The highest BCUT2D eigenvalue weighted by Gasteiger charge is 2.59. The van der Waals surface area contributed by atoms with Gasteiger partial charge in [-0.3, -0.25) is 9.69 Å². The number of hydrogen-bond acceptors (Lipinski definition) is 5. The molecule has 4 fully saturated rings. The first-order chi connectivity index (χ1) is 18.3. The van der Waals surface area contributed by atoms with Crippen LogP contribution in [0.1, 0.15) is 85.5 Å². The molecule has 0 radical (unpaired) electrons. The van der Waals surface area contributed by atoms with Gasteiger partial charge in [-0.05, 0) is 93.5 Å². The van der Waals surface area contributed by atoms with E-state index in [9.17, 15) is 4.79 Å². The molecule has 0 aromatic rings. The number of methoxy groups -OCH3 is 1. The van der Waals surface area contributed by atoms with Crippen molar-refractivity contribution in [2.75, 3.05) is 40.0 Å². The number of fused-ring (bicyclic) bond motifs is 6. The van der Waals surface area contributed by atoms with E-state index >= 15 is 0 Å². The molecule has 2 heterocycles. The number of allylic oxidation sites excluding steroid dienone is 3. The van der Waals surface area contributed by atoms with Gasteiger partial charge in [-0.1, -0.05) is 37.5 Å². The Kier molecular flexibility index (Phi) is 7.46. The van der Waals surface area contributed by atoms with Crippen molar-refractivity contribution in [2.24, 2.45) is 35.0 Å². The van der Waals surface area contributed by atoms with Gasteiger partial charge in [-0.15, -0.1) is 0 Å². The SMILES string of the molecule is COCCOCCN1CC(C)C[C@H]2OC3(CC[C@@H]4C(=C(C)C3)C[C@H]3C4CCC4=CC(=O)CCC43C)[C@H](C)[C@@H]21. The standard InChI is InChI=1S/C33H51NO4/c1-21-16-30-31(34(20-21)12-13-37-15-14-36-5)23(3)33(38-30)11-9-26-27-7-6-24-17-25(35)8-10-32(24,4)29(27)18-28(26)22(2)19-33/h17,21,23,26-27,29-31H,6-16,18-20H2,1-5H3/t21?,23-,26+,27?,29+,30-,31+,32?,33?/m1/s1. The van der Waals surface area contributed by atoms with E-state index in [0.29, 0.717) is 43.0 Å². The first-order valence-corrected chi connectivity index (χ1v) is 15.7. The minimum Gasteiger partial charge on any atom is -0.382 e. The zero-order chi connectivity index (χ0) is 26.7. The average molecular weight is 526 g/mol. The number of carbonyl (C=O) groups excluding carboxylic acids is 1. The maximum absolute atomic E-state index is 12.2. The van der Waals surface area contributed by atoms with Crippen LogP contribution in [0, 0.1) is 35.0 Å². The van der Waals surface area contributed by atoms with E-state index in [-0.39, 0.29) is 11.0 Å². The lowest BCUT2D eigenvalue weighted by atomic mass is 9.56. The van der Waals surface area contributed by atoms with Crippen molar-refractivity contribution in [1.82, 2.24) is 4.90 Å². The maximum Gasteiger partial charge on any atom is 0.155 e. The maximum atomic E-state index is 12.2. The molecule has 2 aliphatic heterocycles. The largest absolute Gasteiger partial charge is 0.382 e. The van der Waals surface area contributed by atoms with Crippen LogP contribution in [0.25, 0.3) is 0 Å². The Morgan fingerprint density at radius 3 is 2.79 bits per heavy atom. The van der Waals surface area contributed by atoms with E-state index in [0.717, 1.165) is 63.1 Å². The van der Waals surface area contributed by atoms with Crippen molar-refractivity contribution in [2.45, 2.75) is 103 Å². The Morgan fingerprint density at radius 2 is 1.97 bits per heavy atom. The number of nitrogens with zero attached hydrogens (tertiary/aromatic N) is 1. The fourth-order valence-corrected chi connectivity index (χ4v) is 10.2. The Bertz CT molecular complexity index is 987. The number of carbonyl (C=O) groups is 1. The molecule has 0 bridgehead atoms. The van der Waals surface area contributed by atoms with Crippen LogP contribution in [-0.4, -0.2) is 68.4 Å². The van der Waals surface area contributed by atoms with Crippen molar-refractivity contribution < 1.29 is 19.0 Å². The molecular formula is C33H51NO4. The third-order valence-corrected chi connectivity index (χ3v) is 12.1. The van der Waals surface area contributed by atoms with Gasteiger partial charge in [0.05, 0.1) is 31.5 Å². The first kappa shape index (κ1) is 27.2. The van der Waals surface area contributed by atoms with Gasteiger partial charge < -0.3 is 14.2 Å². The number of likely N-dealkylation sites (tertiary alicyclic amines) is 1. The van der Waals surface area contributed by atoms with Gasteiger partial charge in [0.2, 0.25) is 0 Å². The monoisotopic (exact) mass is 525 g/mol. The van der Waals surface area contributed by atoms with Crippen LogP contribution in [0.3, 0.4) is 0 Å². The number of rotatable bonds is 6. The fraction of sp³-hybridized carbons (Fsp3) is 0.848. The summed E-state index contributed by atoms with van der Waals surface area (Å²) in [6.07, 6.45) is 12.6. The molecule has 6 aliphatic rings. The number of hydrogen-bond donors (Lipinski definition) is 0. The van der Waals surface area contributed by atoms with Crippen LogP contribution >= 0.6 is 0 Å². The topological polar surface area (TPSA) is 48.0 Å². The minimum absolute atomic E-state index is 0.0215. The molecule has 0 aromatic carbocycles. The molecule has 2 saturated heterocycles. The molecule has 2 saturated carbocycles. The third kappa shape index (κ3) is 4.48. The summed E-state index contributed by atoms with van der Waals surface area (Å²) in [4.78, 5) is 14.9. The summed E-state index contributed by atoms with van der Waals surface area (Å²) < 4.78 is 18.3. The quantitative estimate of drug-likeness (QED) is 0.316. The van der Waals surface area contributed by atoms with Crippen LogP contribution in [0.5, 0.6) is 0 Å². The summed E-state index contributed by atoms with van der Waals surface area (Å²) in [6, 6.07) is 0.502. The highest BCUT2D eigenvalue weighted by Crippen LogP contribution is 2.64. The molecule has 4 unspecified atom stereocenters. The van der Waals surface area contributed by atoms with Crippen LogP contribution in [0.4, 0.5) is 0 Å². The molecule has 5 heteroatoms. The summed E-state index contributed by atoms with van der Waals surface area (Å²) in [7, 11) is 1.73. The lowest BCUT2D eigenvalue weighted by Gasteiger charge is -2.48. The van der Waals surface area contributed by atoms with E-state index in [2.05, 4.69) is 32.6 Å². The van der Waals surface area contributed by atoms with Crippen molar-refractivity contribution in [3.63, 3.8) is 0 Å². The summed E-state index contributed by atoms with van der Waals surface area (Å²) in [5.74, 6) is 3.78. The zero-order valence-electron chi connectivity index (χ0n) is 24.6. The smallest absolute Gasteiger partial charge is 0.155 e. The minimum atomic E-state index is -0.0215. The molecule has 212 valence electrons. The molecule has 9 atom stereocenters. The van der Waals surface area contributed by atoms with Gasteiger partial charge in [0.25, 0.3) is 0 Å². The summed E-state index contributed by atoms with van der Waals surface area (Å²) in [6.45, 7) is 14.1. The van der Waals surface area contributed by atoms with Crippen LogP contribution in [0.2, 0.25) is 0 Å². The van der Waals surface area contributed by atoms with E-state index in [1.807, 2.05) is 6.08 Å². The van der Waals surface area contributed by atoms with Gasteiger partial charge in [-0.2, -0.15) is 0 Å². The van der Waals surface area contributed by atoms with E-state index < -0.39 is 0 Å². The first-order valence-electron chi connectivity index (χ1n) is 15.7. The highest BCUT2D eigenvalue weighted by molar-refractivity contribution is 5.91. The lowest BCUT2D eigenvalue weighted by Crippen LogP contribution is -2.52. The molecule has 5 nitrogen and oxygen atoms in total. The second kappa shape index (κ2) is 10.4. The van der Waals surface area contributed by atoms with Crippen LogP contribution in [-0.2, 0) is 19.0 Å². The number of piperidine rings is 1. The van der Waals surface area contributed by atoms with Gasteiger partial charge in [0.15, 0.2) is 5.78 Å². The average Bonchev–Trinajstić information content (AvgIpc) is 3.34. The third-order valence-electron chi connectivity index (χ3n) is 12.1. The highest BCUT2D eigenvalue weighted by atomic mass is 16.5. The second-order valence-corrected chi connectivity index (χ2v) is 14.1. The van der Waals surface area contributed by atoms with Crippen molar-refractivity contribution in [1.29, 1.82) is 0 Å². The predicted octanol–water partition coefficient (Wildman–Crippen LogP) is 5.98. The van der Waals surface area contributed by atoms with Gasteiger partial charge >= 0.3 is 0 Å². The van der Waals surface area contributed by atoms with Crippen molar-refractivity contribution in [3.05, 3.63) is 22.8 Å². The van der Waals surface area contributed by atoms with Crippen LogP contribution < -0.4 is 0 Å². The fourth-order valence-electron chi connectivity index (χ4n) is 10.2. The molecule has 4 aliphatic carbocycles.